The van der Waals surface area contributed by atoms with Gasteiger partial charge in [0, 0.05) is 0 Å². The number of aryl methyl sites for hydroxylation is 2. The number of carboxylic acids is 1. The first kappa shape index (κ1) is 38.9. The van der Waals surface area contributed by atoms with Crippen molar-refractivity contribution in [1.29, 1.82) is 0 Å². The van der Waals surface area contributed by atoms with Gasteiger partial charge in [-0.15, -0.1) is 0 Å². The number of hydrogen-bond donors (Lipinski definition) is 2. The number of aliphatic carboxylic acids is 1. The SMILES string of the molecule is Cc1cc2c(cc1C)N(CCCS(=O)(=O)[O-])C(=CC=CC(C)C1S/C(=C3/OC(=S)N(CC(=O)O)C3=O)N(CS(=O)(=O)O)C1=O)[Te]2.[Na+]. The minimum Gasteiger partial charge on any atom is 1.00 e. The molecule has 14 nitrogen and oxygen atoms in total. The Hall–Kier alpha value is -1.50. The van der Waals surface area contributed by atoms with Crippen LogP contribution in [0.2, 0.25) is 0 Å². The zero-order valence-electron chi connectivity index (χ0n) is 25.0. The number of allylic oxidation sites excluding steroid dienone is 3. The van der Waals surface area contributed by atoms with Crippen LogP contribution >= 0.6 is 24.0 Å². The average molecular weight is 837 g/mol. The monoisotopic (exact) mass is 839 g/mol. The number of carbonyl (C=O) groups excluding carboxylic acids is 2. The molecule has 3 aliphatic rings. The third-order valence-electron chi connectivity index (χ3n) is 6.88. The van der Waals surface area contributed by atoms with Crippen molar-refractivity contribution in [2.45, 2.75) is 32.4 Å². The van der Waals surface area contributed by atoms with Crippen LogP contribution in [-0.2, 0) is 39.4 Å². The minimum atomic E-state index is -4.73. The second-order valence-corrected chi connectivity index (χ2v) is 17.8. The molecule has 3 heterocycles. The summed E-state index contributed by atoms with van der Waals surface area (Å²) < 4.78 is 74.0. The Bertz CT molecular complexity index is 1780. The Morgan fingerprint density at radius 1 is 1.17 bits per heavy atom. The number of fused-ring (bicyclic) bond motifs is 1. The Labute approximate surface area is 308 Å². The average Bonchev–Trinajstić information content (AvgIpc) is 3.49. The number of anilines is 1. The molecule has 0 aliphatic carbocycles. The topological polar surface area (TPSA) is 202 Å². The molecule has 20 heteroatoms. The van der Waals surface area contributed by atoms with Crippen LogP contribution in [0.3, 0.4) is 0 Å². The second kappa shape index (κ2) is 15.4. The first-order valence-corrected chi connectivity index (χ1v) is 20.0. The van der Waals surface area contributed by atoms with Gasteiger partial charge in [-0.1, -0.05) is 0 Å². The number of benzene rings is 1. The van der Waals surface area contributed by atoms with Crippen molar-refractivity contribution in [2.24, 2.45) is 5.92 Å². The van der Waals surface area contributed by atoms with Crippen LogP contribution in [0.5, 0.6) is 0 Å². The van der Waals surface area contributed by atoms with Gasteiger partial charge in [0.1, 0.15) is 0 Å². The fourth-order valence-corrected chi connectivity index (χ4v) is 10.6. The van der Waals surface area contributed by atoms with E-state index in [1.54, 1.807) is 19.1 Å². The van der Waals surface area contributed by atoms with Crippen LogP contribution in [0, 0.1) is 19.8 Å². The summed E-state index contributed by atoms with van der Waals surface area (Å²) in [6, 6.07) is 4.15. The molecule has 0 spiro atoms. The first-order valence-electron chi connectivity index (χ1n) is 13.2. The molecule has 0 bridgehead atoms. The van der Waals surface area contributed by atoms with Crippen molar-refractivity contribution < 1.29 is 79.7 Å². The fraction of sp³-hybridized carbons (Fsp3) is 0.385. The number of thiocarbonyl (C=S) groups is 1. The molecule has 2 atom stereocenters. The fourth-order valence-electron chi connectivity index (χ4n) is 4.60. The normalized spacial score (nSPS) is 21.8. The summed E-state index contributed by atoms with van der Waals surface area (Å²) >= 11 is 4.91. The molecule has 2 saturated heterocycles. The molecule has 1 aromatic rings. The van der Waals surface area contributed by atoms with Gasteiger partial charge in [0.05, 0.1) is 0 Å². The smallest absolute Gasteiger partial charge is 1.00 e. The number of nitrogens with zero attached hydrogens (tertiary/aromatic N) is 3. The summed E-state index contributed by atoms with van der Waals surface area (Å²) in [7, 11) is -9.11. The maximum atomic E-state index is 13.4. The van der Waals surface area contributed by atoms with E-state index in [-0.39, 0.29) is 41.0 Å². The Morgan fingerprint density at radius 3 is 2.43 bits per heavy atom. The largest absolute Gasteiger partial charge is 1.00 e. The third-order valence-corrected chi connectivity index (χ3v) is 13.2. The van der Waals surface area contributed by atoms with Gasteiger partial charge in [-0.3, -0.25) is 4.79 Å². The molecule has 2 N–H and O–H groups in total. The van der Waals surface area contributed by atoms with E-state index in [0.29, 0.717) is 16.3 Å². The number of carbonyl (C=O) groups is 3. The van der Waals surface area contributed by atoms with Gasteiger partial charge >= 0.3 is 301 Å². The number of thioether (sulfide) groups is 1. The molecule has 0 radical (unpaired) electrons. The summed E-state index contributed by atoms with van der Waals surface area (Å²) in [4.78, 5) is 40.8. The van der Waals surface area contributed by atoms with Crippen LogP contribution in [0.25, 0.3) is 0 Å². The van der Waals surface area contributed by atoms with E-state index in [4.69, 9.17) is 22.1 Å². The number of amides is 2. The Balaban J connectivity index is 0.00000576. The molecule has 0 aromatic heterocycles. The van der Waals surface area contributed by atoms with Crippen LogP contribution in [0.4, 0.5) is 5.69 Å². The number of hydrogen-bond acceptors (Lipinski definition) is 12. The van der Waals surface area contributed by atoms with Gasteiger partial charge in [-0.2, -0.15) is 0 Å². The van der Waals surface area contributed by atoms with Crippen molar-refractivity contribution in [3.63, 3.8) is 0 Å². The number of carboxylic acid groups (broad SMARTS) is 1. The summed E-state index contributed by atoms with van der Waals surface area (Å²) in [6.45, 7) is 5.20. The van der Waals surface area contributed by atoms with Crippen LogP contribution in [0.15, 0.2) is 44.9 Å². The Kier molecular flexibility index (Phi) is 13.0. The summed E-state index contributed by atoms with van der Waals surface area (Å²) in [5.41, 5.74) is 3.16. The van der Waals surface area contributed by atoms with Gasteiger partial charge in [-0.25, -0.2) is 0 Å². The molecule has 2 amide bonds. The molecule has 0 saturated carbocycles. The van der Waals surface area contributed by atoms with Gasteiger partial charge in [-0.05, 0) is 0 Å². The van der Waals surface area contributed by atoms with Crippen LogP contribution in [0.1, 0.15) is 24.5 Å². The van der Waals surface area contributed by atoms with Gasteiger partial charge in [0.25, 0.3) is 0 Å². The van der Waals surface area contributed by atoms with Crippen LogP contribution in [-0.4, -0.2) is 115 Å². The molecule has 2 unspecified atom stereocenters. The minimum absolute atomic E-state index is 0. The molecule has 2 fully saturated rings. The molecule has 4 rings (SSSR count). The van der Waals surface area contributed by atoms with Crippen molar-refractivity contribution in [2.75, 3.05) is 29.6 Å². The van der Waals surface area contributed by atoms with E-state index in [2.05, 4.69) is 6.07 Å². The molecule has 244 valence electrons. The molecular weight excluding hydrogens is 809 g/mol. The summed E-state index contributed by atoms with van der Waals surface area (Å²) in [5.74, 6) is -5.76. The quantitative estimate of drug-likeness (QED) is 0.104. The number of ether oxygens (including phenoxy) is 1. The standard InChI is InChI=1S/C26H29N3O11S4Te.Na/c1-14(6-4-7-19-27(8-5-9-43(34,35)36)17-10-15(2)16(3)11-18(17)45-19)22-24(33)29(13-44(37,38)39)25(42-22)21-23(32)28(12-20(30)31)26(41)40-21;/h4,6-7,10-11,14,22H,5,8-9,12-13H2,1-3H3,(H,30,31)(H,34,35,36)(H,37,38,39);/q;+1/p-1/b6-4?,19-7?,25-21+;. The maximum absolute atomic E-state index is 13.4. The molecule has 3 aliphatic heterocycles. The molecule has 1 aromatic carbocycles. The summed E-state index contributed by atoms with van der Waals surface area (Å²) in [6.07, 6.45) is 5.46. The molecular formula is C26H28N3NaO11S4Te. The van der Waals surface area contributed by atoms with Crippen molar-refractivity contribution >= 4 is 97.4 Å². The Morgan fingerprint density at radius 2 is 1.83 bits per heavy atom. The zero-order valence-corrected chi connectivity index (χ0v) is 32.6. The van der Waals surface area contributed by atoms with Crippen molar-refractivity contribution in [1.82, 2.24) is 9.80 Å². The van der Waals surface area contributed by atoms with E-state index in [0.717, 1.165) is 35.9 Å². The third kappa shape index (κ3) is 9.35. The second-order valence-electron chi connectivity index (χ2n) is 10.3. The van der Waals surface area contributed by atoms with Crippen molar-refractivity contribution in [3.05, 3.63) is 56.0 Å². The van der Waals surface area contributed by atoms with Gasteiger partial charge in [0.15, 0.2) is 0 Å². The van der Waals surface area contributed by atoms with Gasteiger partial charge < -0.3 is 5.11 Å². The predicted octanol–water partition coefficient (Wildman–Crippen LogP) is -2.39. The first-order chi connectivity index (χ1) is 20.9. The van der Waals surface area contributed by atoms with E-state index in [9.17, 15) is 40.3 Å². The van der Waals surface area contributed by atoms with E-state index < -0.39 is 99.2 Å². The maximum Gasteiger partial charge on any atom is 1.00 e. The zero-order chi connectivity index (χ0) is 33.4. The van der Waals surface area contributed by atoms with E-state index in [1.165, 1.54) is 0 Å². The van der Waals surface area contributed by atoms with Gasteiger partial charge in [0.2, 0.25) is 0 Å². The summed E-state index contributed by atoms with van der Waals surface area (Å²) in [5, 5.41) is 7.46. The van der Waals surface area contributed by atoms with E-state index >= 15 is 0 Å². The van der Waals surface area contributed by atoms with Crippen molar-refractivity contribution in [3.8, 4) is 0 Å². The molecule has 46 heavy (non-hydrogen) atoms. The van der Waals surface area contributed by atoms with Crippen LogP contribution < -0.4 is 38.1 Å². The predicted molar refractivity (Wildman–Crippen MR) is 169 cm³/mol. The van der Waals surface area contributed by atoms with E-state index in [1.807, 2.05) is 30.9 Å². The number of rotatable bonds is 11.